The second-order valence-electron chi connectivity index (χ2n) is 7.32. The first kappa shape index (κ1) is 19.1. The van der Waals surface area contributed by atoms with Crippen molar-refractivity contribution in [2.24, 2.45) is 0 Å². The molecule has 0 bridgehead atoms. The number of aryl methyl sites for hydroxylation is 1. The van der Waals surface area contributed by atoms with Crippen molar-refractivity contribution in [2.75, 3.05) is 23.3 Å². The minimum absolute atomic E-state index is 0.171. The van der Waals surface area contributed by atoms with Crippen molar-refractivity contribution >= 4 is 17.5 Å². The zero-order valence-corrected chi connectivity index (χ0v) is 16.4. The molecular weight excluding hydrogens is 364 g/mol. The van der Waals surface area contributed by atoms with E-state index in [1.54, 1.807) is 18.5 Å². The highest BCUT2D eigenvalue weighted by atomic mass is 16.3. The third-order valence-electron chi connectivity index (χ3n) is 5.26. The number of pyridine rings is 2. The van der Waals surface area contributed by atoms with Crippen LogP contribution in [-0.4, -0.2) is 40.2 Å². The van der Waals surface area contributed by atoms with Crippen LogP contribution < -0.4 is 10.2 Å². The zero-order valence-electron chi connectivity index (χ0n) is 16.4. The predicted octanol–water partition coefficient (Wildman–Crippen LogP) is 3.67. The summed E-state index contributed by atoms with van der Waals surface area (Å²) in [4.78, 5) is 23.6. The van der Waals surface area contributed by atoms with Gasteiger partial charge in [0.15, 0.2) is 0 Å². The van der Waals surface area contributed by atoms with Gasteiger partial charge in [0.25, 0.3) is 5.91 Å². The molecular formula is C23H24N4O2. The van der Waals surface area contributed by atoms with E-state index in [9.17, 15) is 9.90 Å². The molecule has 2 N–H and O–H groups in total. The third-order valence-corrected chi connectivity index (χ3v) is 5.26. The number of piperidine rings is 1. The lowest BCUT2D eigenvalue weighted by Crippen LogP contribution is -2.36. The number of hydrogen-bond acceptors (Lipinski definition) is 5. The number of aliphatic hydroxyl groups is 1. The molecule has 0 radical (unpaired) electrons. The summed E-state index contributed by atoms with van der Waals surface area (Å²) in [5.74, 6) is 1.24. The van der Waals surface area contributed by atoms with Gasteiger partial charge in [-0.25, -0.2) is 9.97 Å². The molecule has 6 heteroatoms. The first-order chi connectivity index (χ1) is 14.1. The first-order valence-corrected chi connectivity index (χ1v) is 9.82. The molecule has 1 amide bonds. The van der Waals surface area contributed by atoms with Crippen LogP contribution >= 0.6 is 0 Å². The Kier molecular flexibility index (Phi) is 5.53. The molecule has 3 heterocycles. The molecule has 0 aliphatic carbocycles. The lowest BCUT2D eigenvalue weighted by Gasteiger charge is -2.30. The van der Waals surface area contributed by atoms with Gasteiger partial charge in [-0.05, 0) is 66.8 Å². The highest BCUT2D eigenvalue weighted by Crippen LogP contribution is 2.26. The van der Waals surface area contributed by atoms with E-state index in [4.69, 9.17) is 0 Å². The molecule has 6 nitrogen and oxygen atoms in total. The first-order valence-electron chi connectivity index (χ1n) is 9.82. The molecule has 1 aliphatic heterocycles. The number of anilines is 2. The Labute approximate surface area is 170 Å². The number of nitrogens with one attached hydrogen (secondary N) is 1. The van der Waals surface area contributed by atoms with Crippen LogP contribution in [0.4, 0.5) is 11.6 Å². The number of nitrogens with zero attached hydrogens (tertiary/aromatic N) is 3. The molecule has 1 saturated heterocycles. The normalized spacial score (nSPS) is 14.6. The summed E-state index contributed by atoms with van der Waals surface area (Å²) in [5, 5.41) is 12.6. The summed E-state index contributed by atoms with van der Waals surface area (Å²) >= 11 is 0. The maximum atomic E-state index is 12.6. The largest absolute Gasteiger partial charge is 0.393 e. The number of carbonyl (C=O) groups excluding carboxylic acids is 1. The van der Waals surface area contributed by atoms with E-state index in [0.29, 0.717) is 11.4 Å². The van der Waals surface area contributed by atoms with Gasteiger partial charge in [0.2, 0.25) is 0 Å². The van der Waals surface area contributed by atoms with Crippen LogP contribution in [-0.2, 0) is 0 Å². The fourth-order valence-electron chi connectivity index (χ4n) is 3.56. The molecule has 148 valence electrons. The molecule has 29 heavy (non-hydrogen) atoms. The molecule has 2 aromatic heterocycles. The van der Waals surface area contributed by atoms with E-state index in [0.717, 1.165) is 48.4 Å². The minimum Gasteiger partial charge on any atom is -0.393 e. The van der Waals surface area contributed by atoms with Crippen molar-refractivity contribution in [3.05, 3.63) is 72.1 Å². The van der Waals surface area contributed by atoms with Gasteiger partial charge in [-0.3, -0.25) is 4.79 Å². The van der Waals surface area contributed by atoms with E-state index >= 15 is 0 Å². The van der Waals surface area contributed by atoms with Gasteiger partial charge in [-0.2, -0.15) is 0 Å². The lowest BCUT2D eigenvalue weighted by atomic mass is 10.1. The van der Waals surface area contributed by atoms with Gasteiger partial charge in [-0.1, -0.05) is 18.2 Å². The maximum Gasteiger partial charge on any atom is 0.257 e. The van der Waals surface area contributed by atoms with Crippen molar-refractivity contribution in [1.82, 2.24) is 9.97 Å². The van der Waals surface area contributed by atoms with E-state index in [1.807, 2.05) is 49.4 Å². The molecule has 0 saturated carbocycles. The summed E-state index contributed by atoms with van der Waals surface area (Å²) in [7, 11) is 0. The zero-order chi connectivity index (χ0) is 20.2. The van der Waals surface area contributed by atoms with Crippen LogP contribution in [0.2, 0.25) is 0 Å². The minimum atomic E-state index is -0.214. The van der Waals surface area contributed by atoms with Gasteiger partial charge in [0, 0.05) is 31.0 Å². The second-order valence-corrected chi connectivity index (χ2v) is 7.32. The van der Waals surface area contributed by atoms with Crippen LogP contribution in [0.3, 0.4) is 0 Å². The van der Waals surface area contributed by atoms with Crippen molar-refractivity contribution < 1.29 is 9.90 Å². The number of aromatic nitrogens is 2. The van der Waals surface area contributed by atoms with Crippen LogP contribution in [0.5, 0.6) is 0 Å². The fraction of sp³-hybridized carbons (Fsp3) is 0.261. The van der Waals surface area contributed by atoms with E-state index < -0.39 is 0 Å². The summed E-state index contributed by atoms with van der Waals surface area (Å²) in [6, 6.07) is 15.3. The summed E-state index contributed by atoms with van der Waals surface area (Å²) in [6.45, 7) is 3.51. The van der Waals surface area contributed by atoms with E-state index in [1.165, 1.54) is 0 Å². The number of rotatable bonds is 4. The van der Waals surface area contributed by atoms with E-state index in [-0.39, 0.29) is 12.0 Å². The molecule has 0 atom stereocenters. The quantitative estimate of drug-likeness (QED) is 0.713. The van der Waals surface area contributed by atoms with Crippen molar-refractivity contribution in [2.45, 2.75) is 25.9 Å². The number of hydrogen-bond donors (Lipinski definition) is 2. The molecule has 1 aliphatic rings. The highest BCUT2D eigenvalue weighted by molar-refractivity contribution is 6.05. The molecule has 1 fully saturated rings. The Morgan fingerprint density at radius 2 is 1.72 bits per heavy atom. The van der Waals surface area contributed by atoms with Crippen LogP contribution in [0.25, 0.3) is 11.1 Å². The Bertz CT molecular complexity index is 1010. The summed E-state index contributed by atoms with van der Waals surface area (Å²) in [6.07, 6.45) is 4.79. The molecule has 0 spiro atoms. The van der Waals surface area contributed by atoms with Crippen molar-refractivity contribution in [3.63, 3.8) is 0 Å². The standard InChI is InChI=1S/C23H24N4O2/c1-16-4-2-3-5-20(16)23(29)26-21-14-17(6-10-24-21)18-7-11-25-22(15-18)27-12-8-19(28)9-13-27/h2-7,10-11,14-15,19,28H,8-9,12-13H2,1H3,(H,24,26,29). The van der Waals surface area contributed by atoms with Crippen LogP contribution in [0.15, 0.2) is 60.9 Å². The summed E-state index contributed by atoms with van der Waals surface area (Å²) < 4.78 is 0. The molecule has 0 unspecified atom stereocenters. The Balaban J connectivity index is 1.54. The summed E-state index contributed by atoms with van der Waals surface area (Å²) in [5.41, 5.74) is 3.53. The van der Waals surface area contributed by atoms with E-state index in [2.05, 4.69) is 20.2 Å². The van der Waals surface area contributed by atoms with Crippen LogP contribution in [0.1, 0.15) is 28.8 Å². The highest BCUT2D eigenvalue weighted by Gasteiger charge is 2.18. The Morgan fingerprint density at radius 3 is 2.48 bits per heavy atom. The topological polar surface area (TPSA) is 78.4 Å². The molecule has 1 aromatic carbocycles. The number of benzene rings is 1. The lowest BCUT2D eigenvalue weighted by molar-refractivity contribution is 0.102. The second kappa shape index (κ2) is 8.41. The number of carbonyl (C=O) groups is 1. The van der Waals surface area contributed by atoms with Crippen molar-refractivity contribution in [1.29, 1.82) is 0 Å². The Hall–Kier alpha value is -3.25. The van der Waals surface area contributed by atoms with Gasteiger partial charge in [0.1, 0.15) is 11.6 Å². The van der Waals surface area contributed by atoms with Gasteiger partial charge in [-0.15, -0.1) is 0 Å². The monoisotopic (exact) mass is 388 g/mol. The van der Waals surface area contributed by atoms with Crippen LogP contribution in [0, 0.1) is 6.92 Å². The SMILES string of the molecule is Cc1ccccc1C(=O)Nc1cc(-c2ccnc(N3CCC(O)CC3)c2)ccn1. The van der Waals surface area contributed by atoms with Crippen molar-refractivity contribution in [3.8, 4) is 11.1 Å². The average molecular weight is 388 g/mol. The molecule has 4 rings (SSSR count). The maximum absolute atomic E-state index is 12.6. The Morgan fingerprint density at radius 1 is 1.03 bits per heavy atom. The van der Waals surface area contributed by atoms with Gasteiger partial charge in [0.05, 0.1) is 6.10 Å². The molecule has 3 aromatic rings. The van der Waals surface area contributed by atoms with Gasteiger partial charge < -0.3 is 15.3 Å². The van der Waals surface area contributed by atoms with Gasteiger partial charge >= 0.3 is 0 Å². The number of aliphatic hydroxyl groups excluding tert-OH is 1. The number of amides is 1. The third kappa shape index (κ3) is 4.43. The predicted molar refractivity (Wildman–Crippen MR) is 114 cm³/mol. The smallest absolute Gasteiger partial charge is 0.257 e. The average Bonchev–Trinajstić information content (AvgIpc) is 2.75. The fourth-order valence-corrected chi connectivity index (χ4v) is 3.56.